The summed E-state index contributed by atoms with van der Waals surface area (Å²) in [6.45, 7) is 4.21. The Kier molecular flexibility index (Phi) is 7.49. The number of halogens is 1. The molecule has 1 aromatic heterocycles. The Balaban J connectivity index is 2.12. The first-order valence-electron chi connectivity index (χ1n) is 9.77. The molecule has 6 nitrogen and oxygen atoms in total. The zero-order valence-electron chi connectivity index (χ0n) is 17.6. The molecular weight excluding hydrogens is 417 g/mol. The number of ether oxygens (including phenoxy) is 1. The van der Waals surface area contributed by atoms with Gasteiger partial charge in [0.15, 0.2) is 0 Å². The van der Waals surface area contributed by atoms with Crippen molar-refractivity contribution >= 4 is 28.8 Å². The molecule has 8 heteroatoms. The predicted octanol–water partition coefficient (Wildman–Crippen LogP) is 4.05. The van der Waals surface area contributed by atoms with E-state index in [1.54, 1.807) is 38.3 Å². The first-order chi connectivity index (χ1) is 14.9. The Labute approximate surface area is 184 Å². The molecule has 0 unspecified atom stereocenters. The molecule has 3 rings (SSSR count). The van der Waals surface area contributed by atoms with E-state index >= 15 is 0 Å². The summed E-state index contributed by atoms with van der Waals surface area (Å²) in [5, 5.41) is 3.58. The number of hydrogen-bond donors (Lipinski definition) is 1. The molecular formula is C23H24FN3O3S. The number of aromatic nitrogens is 1. The van der Waals surface area contributed by atoms with E-state index in [2.05, 4.69) is 10.3 Å². The van der Waals surface area contributed by atoms with Crippen LogP contribution in [0.3, 0.4) is 0 Å². The van der Waals surface area contributed by atoms with Crippen molar-refractivity contribution in [2.45, 2.75) is 19.9 Å². The van der Waals surface area contributed by atoms with Gasteiger partial charge in [-0.2, -0.15) is 0 Å². The minimum absolute atomic E-state index is 0.294. The number of aryl methyl sites for hydroxylation is 2. The van der Waals surface area contributed by atoms with E-state index < -0.39 is 11.9 Å². The summed E-state index contributed by atoms with van der Waals surface area (Å²) in [5.74, 6) is -1.16. The second kappa shape index (κ2) is 10.3. The molecule has 3 aromatic rings. The molecule has 1 N–H and O–H groups in total. The van der Waals surface area contributed by atoms with E-state index in [9.17, 15) is 14.0 Å². The number of anilines is 1. The van der Waals surface area contributed by atoms with Crippen molar-refractivity contribution in [2.75, 3.05) is 25.2 Å². The summed E-state index contributed by atoms with van der Waals surface area (Å²) < 4.78 is 18.7. The largest absolute Gasteiger partial charge is 0.383 e. The van der Waals surface area contributed by atoms with Gasteiger partial charge in [0.05, 0.1) is 17.3 Å². The molecule has 0 aliphatic carbocycles. The lowest BCUT2D eigenvalue weighted by Gasteiger charge is -2.31. The molecule has 0 radical (unpaired) electrons. The van der Waals surface area contributed by atoms with Crippen molar-refractivity contribution in [3.63, 3.8) is 0 Å². The van der Waals surface area contributed by atoms with Crippen LogP contribution in [0.1, 0.15) is 32.0 Å². The lowest BCUT2D eigenvalue weighted by molar-refractivity contribution is -0.122. The summed E-state index contributed by atoms with van der Waals surface area (Å²) in [5.41, 5.74) is 1.63. The number of carbonyl (C=O) groups excluding carboxylic acids is 2. The number of rotatable bonds is 8. The van der Waals surface area contributed by atoms with E-state index in [1.807, 2.05) is 13.0 Å². The van der Waals surface area contributed by atoms with Crippen LogP contribution in [0.2, 0.25) is 0 Å². The highest BCUT2D eigenvalue weighted by Gasteiger charge is 2.34. The Morgan fingerprint density at radius 1 is 1.13 bits per heavy atom. The van der Waals surface area contributed by atoms with Crippen molar-refractivity contribution in [2.24, 2.45) is 0 Å². The molecule has 0 saturated heterocycles. The van der Waals surface area contributed by atoms with Crippen LogP contribution in [0, 0.1) is 19.7 Å². The monoisotopic (exact) mass is 441 g/mol. The summed E-state index contributed by atoms with van der Waals surface area (Å²) in [7, 11) is 1.55. The van der Waals surface area contributed by atoms with Crippen LogP contribution in [0.15, 0.2) is 54.6 Å². The maximum absolute atomic E-state index is 13.7. The summed E-state index contributed by atoms with van der Waals surface area (Å²) in [4.78, 5) is 33.2. The highest BCUT2D eigenvalue weighted by Crippen LogP contribution is 2.32. The number of thiazole rings is 1. The smallest absolute Gasteiger partial charge is 0.271 e. The molecule has 1 heterocycles. The number of amides is 2. The SMILES string of the molecule is COCCNC(=O)[C@@H](c1ccccc1)N(C(=O)c1sc(C)nc1C)c1ccc(F)cc1. The minimum Gasteiger partial charge on any atom is -0.383 e. The van der Waals surface area contributed by atoms with Gasteiger partial charge in [0.25, 0.3) is 5.91 Å². The fourth-order valence-corrected chi connectivity index (χ4v) is 4.11. The lowest BCUT2D eigenvalue weighted by atomic mass is 10.0. The van der Waals surface area contributed by atoms with Crippen molar-refractivity contribution in [1.29, 1.82) is 0 Å². The number of methoxy groups -OCH3 is 1. The fraction of sp³-hybridized carbons (Fsp3) is 0.261. The Morgan fingerprint density at radius 2 is 1.81 bits per heavy atom. The normalized spacial score (nSPS) is 11.7. The van der Waals surface area contributed by atoms with Gasteiger partial charge in [-0.05, 0) is 43.7 Å². The zero-order valence-corrected chi connectivity index (χ0v) is 18.4. The maximum atomic E-state index is 13.7. The zero-order chi connectivity index (χ0) is 22.4. The Bertz CT molecular complexity index is 1040. The molecule has 2 aromatic carbocycles. The molecule has 0 bridgehead atoms. The van der Waals surface area contributed by atoms with Crippen LogP contribution in [-0.4, -0.2) is 37.1 Å². The molecule has 31 heavy (non-hydrogen) atoms. The molecule has 0 spiro atoms. The van der Waals surface area contributed by atoms with E-state index in [0.717, 1.165) is 5.01 Å². The summed E-state index contributed by atoms with van der Waals surface area (Å²) in [6.07, 6.45) is 0. The van der Waals surface area contributed by atoms with Crippen molar-refractivity contribution in [3.8, 4) is 0 Å². The van der Waals surface area contributed by atoms with Gasteiger partial charge in [-0.15, -0.1) is 11.3 Å². The van der Waals surface area contributed by atoms with E-state index in [-0.39, 0.29) is 11.8 Å². The van der Waals surface area contributed by atoms with Crippen LogP contribution in [0.4, 0.5) is 10.1 Å². The topological polar surface area (TPSA) is 71.5 Å². The van der Waals surface area contributed by atoms with Gasteiger partial charge in [-0.3, -0.25) is 14.5 Å². The number of nitrogens with one attached hydrogen (secondary N) is 1. The third-order valence-corrected chi connectivity index (χ3v) is 5.71. The van der Waals surface area contributed by atoms with Gasteiger partial charge in [0, 0.05) is 19.3 Å². The average molecular weight is 442 g/mol. The van der Waals surface area contributed by atoms with E-state index in [1.165, 1.54) is 40.5 Å². The molecule has 0 fully saturated rings. The van der Waals surface area contributed by atoms with Gasteiger partial charge < -0.3 is 10.1 Å². The predicted molar refractivity (Wildman–Crippen MR) is 119 cm³/mol. The number of hydrogen-bond acceptors (Lipinski definition) is 5. The van der Waals surface area contributed by atoms with Gasteiger partial charge in [-0.1, -0.05) is 30.3 Å². The van der Waals surface area contributed by atoms with Crippen LogP contribution >= 0.6 is 11.3 Å². The standard InChI is InChI=1S/C23H24FN3O3S/c1-15-21(31-16(2)26-15)23(29)27(19-11-9-18(24)10-12-19)20(17-7-5-4-6-8-17)22(28)25-13-14-30-3/h4-12,20H,13-14H2,1-3H3,(H,25,28)/t20-/m1/s1. The molecule has 0 aliphatic rings. The molecule has 0 aliphatic heterocycles. The minimum atomic E-state index is -0.960. The first kappa shape index (κ1) is 22.6. The maximum Gasteiger partial charge on any atom is 0.271 e. The van der Waals surface area contributed by atoms with Crippen LogP contribution in [0.5, 0.6) is 0 Å². The molecule has 0 saturated carbocycles. The van der Waals surface area contributed by atoms with Crippen LogP contribution in [-0.2, 0) is 9.53 Å². The van der Waals surface area contributed by atoms with Gasteiger partial charge in [-0.25, -0.2) is 9.37 Å². The third-order valence-electron chi connectivity index (χ3n) is 4.65. The van der Waals surface area contributed by atoms with Crippen molar-refractivity contribution in [3.05, 3.63) is 81.6 Å². The molecule has 2 amide bonds. The lowest BCUT2D eigenvalue weighted by Crippen LogP contribution is -2.44. The molecule has 1 atom stereocenters. The van der Waals surface area contributed by atoms with E-state index in [4.69, 9.17) is 4.74 Å². The van der Waals surface area contributed by atoms with Crippen LogP contribution in [0.25, 0.3) is 0 Å². The quantitative estimate of drug-likeness (QED) is 0.536. The van der Waals surface area contributed by atoms with Crippen LogP contribution < -0.4 is 10.2 Å². The first-order valence-corrected chi connectivity index (χ1v) is 10.6. The highest BCUT2D eigenvalue weighted by atomic mass is 32.1. The highest BCUT2D eigenvalue weighted by molar-refractivity contribution is 7.13. The molecule has 162 valence electrons. The number of benzene rings is 2. The number of carbonyl (C=O) groups is 2. The second-order valence-electron chi connectivity index (χ2n) is 6.90. The third kappa shape index (κ3) is 5.34. The fourth-order valence-electron chi connectivity index (χ4n) is 3.25. The van der Waals surface area contributed by atoms with E-state index in [0.29, 0.717) is 35.0 Å². The summed E-state index contributed by atoms with van der Waals surface area (Å²) >= 11 is 1.27. The van der Waals surface area contributed by atoms with Gasteiger partial charge in [0.1, 0.15) is 16.7 Å². The van der Waals surface area contributed by atoms with Gasteiger partial charge >= 0.3 is 0 Å². The average Bonchev–Trinajstić information content (AvgIpc) is 3.11. The van der Waals surface area contributed by atoms with Crippen molar-refractivity contribution in [1.82, 2.24) is 10.3 Å². The van der Waals surface area contributed by atoms with Gasteiger partial charge in [0.2, 0.25) is 5.91 Å². The van der Waals surface area contributed by atoms with Crippen molar-refractivity contribution < 1.29 is 18.7 Å². The number of nitrogens with zero attached hydrogens (tertiary/aromatic N) is 2. The summed E-state index contributed by atoms with van der Waals surface area (Å²) in [6, 6.07) is 13.6. The Morgan fingerprint density at radius 3 is 2.39 bits per heavy atom. The Hall–Kier alpha value is -3.10. The second-order valence-corrected chi connectivity index (χ2v) is 8.10.